The maximum absolute atomic E-state index is 13.4. The fourth-order valence-electron chi connectivity index (χ4n) is 1.87. The minimum Gasteiger partial charge on any atom is -0.493 e. The van der Waals surface area contributed by atoms with E-state index in [0.717, 1.165) is 0 Å². The summed E-state index contributed by atoms with van der Waals surface area (Å²) in [6.45, 7) is 1.68. The van der Waals surface area contributed by atoms with Crippen LogP contribution in [0.5, 0.6) is 5.75 Å². The number of halogens is 1. The zero-order valence-corrected chi connectivity index (χ0v) is 12.5. The average Bonchev–Trinajstić information content (AvgIpc) is 2.55. The summed E-state index contributed by atoms with van der Waals surface area (Å²) in [5.74, 6) is -1.49. The van der Waals surface area contributed by atoms with Crippen LogP contribution in [0.2, 0.25) is 0 Å². The molecule has 0 saturated heterocycles. The molecule has 0 unspecified atom stereocenters. The molecule has 0 radical (unpaired) electrons. The Morgan fingerprint density at radius 1 is 1.09 bits per heavy atom. The quantitative estimate of drug-likeness (QED) is 0.832. The number of rotatable bonds is 6. The lowest BCUT2D eigenvalue weighted by atomic mass is 10.2. The zero-order valence-electron chi connectivity index (χ0n) is 12.5. The Morgan fingerprint density at radius 3 is 2.52 bits per heavy atom. The molecule has 0 spiro atoms. The summed E-state index contributed by atoms with van der Waals surface area (Å²) in [6, 6.07) is 12.3. The van der Waals surface area contributed by atoms with Crippen molar-refractivity contribution in [2.45, 2.75) is 6.92 Å². The maximum Gasteiger partial charge on any atom is 0.342 e. The molecule has 0 aliphatic carbocycles. The molecule has 1 amide bonds. The van der Waals surface area contributed by atoms with E-state index < -0.39 is 24.3 Å². The largest absolute Gasteiger partial charge is 0.493 e. The summed E-state index contributed by atoms with van der Waals surface area (Å²) in [5, 5.41) is 2.33. The van der Waals surface area contributed by atoms with Gasteiger partial charge in [-0.2, -0.15) is 0 Å². The van der Waals surface area contributed by atoms with Crippen LogP contribution < -0.4 is 10.1 Å². The smallest absolute Gasteiger partial charge is 0.342 e. The van der Waals surface area contributed by atoms with E-state index in [-0.39, 0.29) is 11.3 Å². The van der Waals surface area contributed by atoms with Crippen molar-refractivity contribution >= 4 is 17.6 Å². The third-order valence-electron chi connectivity index (χ3n) is 2.89. The Hall–Kier alpha value is -2.89. The van der Waals surface area contributed by atoms with Gasteiger partial charge in [0.1, 0.15) is 17.1 Å². The van der Waals surface area contributed by atoms with Gasteiger partial charge in [-0.1, -0.05) is 24.3 Å². The summed E-state index contributed by atoms with van der Waals surface area (Å²) in [5.41, 5.74) is 0.260. The van der Waals surface area contributed by atoms with E-state index in [1.54, 1.807) is 37.3 Å². The van der Waals surface area contributed by atoms with Gasteiger partial charge < -0.3 is 14.8 Å². The molecule has 0 fully saturated rings. The standard InChI is InChI=1S/C17H16FNO4/c1-2-22-15-10-6-3-7-12(15)17(21)23-11-16(20)19-14-9-5-4-8-13(14)18/h3-10H,2,11H2,1H3,(H,19,20). The number of hydrogen-bond acceptors (Lipinski definition) is 4. The SMILES string of the molecule is CCOc1ccccc1C(=O)OCC(=O)Nc1ccccc1F. The van der Waals surface area contributed by atoms with Crippen LogP contribution in [0, 0.1) is 5.82 Å². The van der Waals surface area contributed by atoms with Crippen molar-refractivity contribution in [1.82, 2.24) is 0 Å². The van der Waals surface area contributed by atoms with Crippen molar-refractivity contribution in [3.8, 4) is 5.75 Å². The predicted molar refractivity (Wildman–Crippen MR) is 82.9 cm³/mol. The minimum atomic E-state index is -0.683. The number of nitrogens with one attached hydrogen (secondary N) is 1. The van der Waals surface area contributed by atoms with E-state index >= 15 is 0 Å². The van der Waals surface area contributed by atoms with Crippen molar-refractivity contribution in [3.63, 3.8) is 0 Å². The number of benzene rings is 2. The molecule has 2 rings (SSSR count). The number of amides is 1. The molecule has 5 nitrogen and oxygen atoms in total. The first kappa shape index (κ1) is 16.5. The highest BCUT2D eigenvalue weighted by Crippen LogP contribution is 2.19. The van der Waals surface area contributed by atoms with Crippen LogP contribution in [0.1, 0.15) is 17.3 Å². The van der Waals surface area contributed by atoms with E-state index in [2.05, 4.69) is 5.32 Å². The second kappa shape index (κ2) is 7.93. The lowest BCUT2D eigenvalue weighted by Gasteiger charge is -2.10. The number of para-hydroxylation sites is 2. The van der Waals surface area contributed by atoms with Crippen molar-refractivity contribution in [1.29, 1.82) is 0 Å². The highest BCUT2D eigenvalue weighted by Gasteiger charge is 2.15. The van der Waals surface area contributed by atoms with Crippen LogP contribution >= 0.6 is 0 Å². The Morgan fingerprint density at radius 2 is 1.78 bits per heavy atom. The number of anilines is 1. The van der Waals surface area contributed by atoms with Gasteiger partial charge in [-0.3, -0.25) is 4.79 Å². The van der Waals surface area contributed by atoms with Gasteiger partial charge in [0.25, 0.3) is 5.91 Å². The van der Waals surface area contributed by atoms with E-state index in [4.69, 9.17) is 9.47 Å². The number of hydrogen-bond donors (Lipinski definition) is 1. The van der Waals surface area contributed by atoms with Crippen molar-refractivity contribution < 1.29 is 23.5 Å². The van der Waals surface area contributed by atoms with Crippen molar-refractivity contribution in [2.75, 3.05) is 18.5 Å². The highest BCUT2D eigenvalue weighted by atomic mass is 19.1. The van der Waals surface area contributed by atoms with Crippen molar-refractivity contribution in [3.05, 3.63) is 59.9 Å². The molecule has 2 aromatic rings. The average molecular weight is 317 g/mol. The fourth-order valence-corrected chi connectivity index (χ4v) is 1.87. The molecular weight excluding hydrogens is 301 g/mol. The van der Waals surface area contributed by atoms with E-state index in [1.165, 1.54) is 18.2 Å². The summed E-state index contributed by atoms with van der Waals surface area (Å²) >= 11 is 0. The molecular formula is C17H16FNO4. The number of esters is 1. The van der Waals surface area contributed by atoms with Crippen LogP contribution in [-0.4, -0.2) is 25.1 Å². The Labute approximate surface area is 133 Å². The molecule has 23 heavy (non-hydrogen) atoms. The molecule has 0 aromatic heterocycles. The van der Waals surface area contributed by atoms with Gasteiger partial charge in [0.15, 0.2) is 6.61 Å². The second-order valence-electron chi connectivity index (χ2n) is 4.53. The number of ether oxygens (including phenoxy) is 2. The van der Waals surface area contributed by atoms with Crippen molar-refractivity contribution in [2.24, 2.45) is 0 Å². The van der Waals surface area contributed by atoms with Crippen LogP contribution in [0.15, 0.2) is 48.5 Å². The molecule has 120 valence electrons. The molecule has 0 bridgehead atoms. The first-order chi connectivity index (χ1) is 11.1. The third kappa shape index (κ3) is 4.54. The number of carbonyl (C=O) groups excluding carboxylic acids is 2. The highest BCUT2D eigenvalue weighted by molar-refractivity contribution is 5.96. The van der Waals surface area contributed by atoms with Gasteiger partial charge >= 0.3 is 5.97 Å². The van der Waals surface area contributed by atoms with Crippen LogP contribution in [0.4, 0.5) is 10.1 Å². The topological polar surface area (TPSA) is 64.6 Å². The van der Waals surface area contributed by atoms with Gasteiger partial charge in [-0.25, -0.2) is 9.18 Å². The molecule has 2 aromatic carbocycles. The summed E-state index contributed by atoms with van der Waals surface area (Å²) in [7, 11) is 0. The lowest BCUT2D eigenvalue weighted by molar-refractivity contribution is -0.119. The third-order valence-corrected chi connectivity index (χ3v) is 2.89. The normalized spacial score (nSPS) is 10.0. The van der Waals surface area contributed by atoms with Gasteiger partial charge in [0.05, 0.1) is 12.3 Å². The summed E-state index contributed by atoms with van der Waals surface area (Å²) < 4.78 is 23.7. The monoisotopic (exact) mass is 317 g/mol. The van der Waals surface area contributed by atoms with Gasteiger partial charge in [-0.15, -0.1) is 0 Å². The predicted octanol–water partition coefficient (Wildman–Crippen LogP) is 3.02. The lowest BCUT2D eigenvalue weighted by Crippen LogP contribution is -2.21. The van der Waals surface area contributed by atoms with Crippen LogP contribution in [0.25, 0.3) is 0 Å². The van der Waals surface area contributed by atoms with Gasteiger partial charge in [0, 0.05) is 0 Å². The van der Waals surface area contributed by atoms with Crippen LogP contribution in [0.3, 0.4) is 0 Å². The Balaban J connectivity index is 1.94. The number of carbonyl (C=O) groups is 2. The molecule has 0 saturated carbocycles. The van der Waals surface area contributed by atoms with E-state index in [9.17, 15) is 14.0 Å². The Kier molecular flexibility index (Phi) is 5.68. The molecule has 6 heteroatoms. The molecule has 0 aliphatic rings. The molecule has 0 aliphatic heterocycles. The molecule has 1 N–H and O–H groups in total. The van der Waals surface area contributed by atoms with Gasteiger partial charge in [-0.05, 0) is 31.2 Å². The van der Waals surface area contributed by atoms with E-state index in [0.29, 0.717) is 12.4 Å². The maximum atomic E-state index is 13.4. The zero-order chi connectivity index (χ0) is 16.7. The second-order valence-corrected chi connectivity index (χ2v) is 4.53. The summed E-state index contributed by atoms with van der Waals surface area (Å²) in [6.07, 6.45) is 0. The summed E-state index contributed by atoms with van der Waals surface area (Å²) in [4.78, 5) is 23.7. The fraction of sp³-hybridized carbons (Fsp3) is 0.176. The van der Waals surface area contributed by atoms with Crippen LogP contribution in [-0.2, 0) is 9.53 Å². The Bertz CT molecular complexity index is 702. The first-order valence-corrected chi connectivity index (χ1v) is 7.05. The first-order valence-electron chi connectivity index (χ1n) is 7.05. The van der Waals surface area contributed by atoms with Gasteiger partial charge in [0.2, 0.25) is 0 Å². The molecule has 0 heterocycles. The minimum absolute atomic E-state index is 0.0308. The molecule has 0 atom stereocenters. The van der Waals surface area contributed by atoms with E-state index in [1.807, 2.05) is 0 Å².